The third kappa shape index (κ3) is 2.58. The summed E-state index contributed by atoms with van der Waals surface area (Å²) < 4.78 is 8.37. The van der Waals surface area contributed by atoms with Gasteiger partial charge in [-0.3, -0.25) is 4.68 Å². The first-order valence-corrected chi connectivity index (χ1v) is 8.67. The third-order valence-electron chi connectivity index (χ3n) is 4.03. The zero-order valence-electron chi connectivity index (χ0n) is 12.9. The number of aromatic nitrogens is 4. The van der Waals surface area contributed by atoms with E-state index in [1.165, 1.54) is 0 Å². The van der Waals surface area contributed by atoms with Crippen molar-refractivity contribution in [3.63, 3.8) is 0 Å². The smallest absolute Gasteiger partial charge is 0.224 e. The van der Waals surface area contributed by atoms with Crippen molar-refractivity contribution in [2.45, 2.75) is 13.0 Å². The molecule has 6 nitrogen and oxygen atoms in total. The molecule has 1 fully saturated rings. The first kappa shape index (κ1) is 14.9. The van der Waals surface area contributed by atoms with Gasteiger partial charge in [0.1, 0.15) is 0 Å². The summed E-state index contributed by atoms with van der Waals surface area (Å²) in [4.78, 5) is 11.2. The van der Waals surface area contributed by atoms with E-state index in [1.807, 2.05) is 19.4 Å². The zero-order chi connectivity index (χ0) is 16.0. The van der Waals surface area contributed by atoms with Crippen LogP contribution in [-0.2, 0) is 11.8 Å². The molecule has 0 spiro atoms. The first-order chi connectivity index (χ1) is 11.1. The predicted molar refractivity (Wildman–Crippen MR) is 92.3 cm³/mol. The van der Waals surface area contributed by atoms with E-state index in [9.17, 15) is 0 Å². The van der Waals surface area contributed by atoms with E-state index in [0.29, 0.717) is 13.2 Å². The van der Waals surface area contributed by atoms with Crippen molar-refractivity contribution in [3.8, 4) is 11.1 Å². The highest BCUT2D eigenvalue weighted by molar-refractivity contribution is 7.18. The Kier molecular flexibility index (Phi) is 3.71. The molecule has 4 heterocycles. The van der Waals surface area contributed by atoms with Crippen LogP contribution in [0.3, 0.4) is 0 Å². The number of aryl methyl sites for hydroxylation is 1. The Labute approximate surface area is 142 Å². The number of morpholine rings is 1. The van der Waals surface area contributed by atoms with Crippen molar-refractivity contribution in [2.24, 2.45) is 7.05 Å². The van der Waals surface area contributed by atoms with E-state index in [2.05, 4.69) is 32.3 Å². The molecule has 1 aliphatic rings. The summed E-state index contributed by atoms with van der Waals surface area (Å²) in [6.07, 6.45) is 3.82. The second-order valence-electron chi connectivity index (χ2n) is 5.66. The van der Waals surface area contributed by atoms with E-state index < -0.39 is 0 Å². The van der Waals surface area contributed by atoms with Crippen LogP contribution in [0.25, 0.3) is 21.3 Å². The van der Waals surface area contributed by atoms with Gasteiger partial charge < -0.3 is 9.64 Å². The Bertz CT molecular complexity index is 861. The van der Waals surface area contributed by atoms with Gasteiger partial charge in [0, 0.05) is 36.3 Å². The summed E-state index contributed by atoms with van der Waals surface area (Å²) >= 11 is 7.86. The van der Waals surface area contributed by atoms with E-state index >= 15 is 0 Å². The van der Waals surface area contributed by atoms with Gasteiger partial charge in [0.05, 0.1) is 35.7 Å². The van der Waals surface area contributed by atoms with Gasteiger partial charge in [0.2, 0.25) is 5.28 Å². The summed E-state index contributed by atoms with van der Waals surface area (Å²) in [6.45, 7) is 4.35. The lowest BCUT2D eigenvalue weighted by atomic mass is 10.1. The topological polar surface area (TPSA) is 56.1 Å². The van der Waals surface area contributed by atoms with Gasteiger partial charge in [-0.25, -0.2) is 4.98 Å². The molecule has 8 heteroatoms. The quantitative estimate of drug-likeness (QED) is 0.666. The standard InChI is InChI=1S/C15H16ClN5OS/c1-9-7-22-4-3-21(9)14-13-12(18-15(16)19-14)11(8-23-13)10-5-17-20(2)6-10/h5-6,8-9H,3-4,7H2,1-2H3/t9-/m1/s1. The molecule has 0 N–H and O–H groups in total. The number of hydrogen-bond donors (Lipinski definition) is 0. The van der Waals surface area contributed by atoms with Crippen LogP contribution in [0.5, 0.6) is 0 Å². The van der Waals surface area contributed by atoms with Crippen molar-refractivity contribution in [1.29, 1.82) is 0 Å². The van der Waals surface area contributed by atoms with Gasteiger partial charge in [-0.05, 0) is 18.5 Å². The number of rotatable bonds is 2. The maximum Gasteiger partial charge on any atom is 0.224 e. The van der Waals surface area contributed by atoms with Crippen LogP contribution in [0.2, 0.25) is 5.28 Å². The average Bonchev–Trinajstić information content (AvgIpc) is 3.13. The van der Waals surface area contributed by atoms with Crippen molar-refractivity contribution in [3.05, 3.63) is 23.1 Å². The van der Waals surface area contributed by atoms with Crippen LogP contribution in [-0.4, -0.2) is 45.5 Å². The van der Waals surface area contributed by atoms with Crippen LogP contribution < -0.4 is 4.90 Å². The van der Waals surface area contributed by atoms with Crippen LogP contribution >= 0.6 is 22.9 Å². The van der Waals surface area contributed by atoms with Crippen LogP contribution in [0.15, 0.2) is 17.8 Å². The van der Waals surface area contributed by atoms with Gasteiger partial charge in [-0.2, -0.15) is 10.1 Å². The minimum absolute atomic E-state index is 0.266. The molecule has 1 atom stereocenters. The van der Waals surface area contributed by atoms with Crippen LogP contribution in [0, 0.1) is 0 Å². The van der Waals surface area contributed by atoms with Crippen molar-refractivity contribution >= 4 is 39.0 Å². The minimum Gasteiger partial charge on any atom is -0.377 e. The lowest BCUT2D eigenvalue weighted by molar-refractivity contribution is 0.0987. The number of ether oxygens (including phenoxy) is 1. The molecular weight excluding hydrogens is 334 g/mol. The molecule has 0 unspecified atom stereocenters. The molecule has 120 valence electrons. The average molecular weight is 350 g/mol. The Morgan fingerprint density at radius 1 is 1.39 bits per heavy atom. The summed E-state index contributed by atoms with van der Waals surface area (Å²) in [6, 6.07) is 0.266. The lowest BCUT2D eigenvalue weighted by Crippen LogP contribution is -2.44. The molecule has 1 aliphatic heterocycles. The largest absolute Gasteiger partial charge is 0.377 e. The summed E-state index contributed by atoms with van der Waals surface area (Å²) in [5.41, 5.74) is 2.97. The molecule has 0 aliphatic carbocycles. The maximum absolute atomic E-state index is 6.22. The lowest BCUT2D eigenvalue weighted by Gasteiger charge is -2.34. The first-order valence-electron chi connectivity index (χ1n) is 7.41. The summed E-state index contributed by atoms with van der Waals surface area (Å²) in [5.74, 6) is 0.899. The van der Waals surface area contributed by atoms with Crippen LogP contribution in [0.1, 0.15) is 6.92 Å². The van der Waals surface area contributed by atoms with Crippen LogP contribution in [0.4, 0.5) is 5.82 Å². The number of thiophene rings is 1. The molecule has 0 aromatic carbocycles. The molecule has 0 radical (unpaired) electrons. The van der Waals surface area contributed by atoms with Crippen molar-refractivity contribution in [2.75, 3.05) is 24.7 Å². The molecule has 0 amide bonds. The van der Waals surface area contributed by atoms with Gasteiger partial charge in [-0.1, -0.05) is 0 Å². The Balaban J connectivity index is 1.88. The molecule has 4 rings (SSSR count). The summed E-state index contributed by atoms with van der Waals surface area (Å²) in [5, 5.41) is 6.62. The van der Waals surface area contributed by atoms with E-state index in [1.54, 1.807) is 16.0 Å². The number of fused-ring (bicyclic) bond motifs is 1. The molecule has 3 aromatic rings. The number of halogens is 1. The fourth-order valence-corrected chi connectivity index (χ4v) is 4.06. The van der Waals surface area contributed by atoms with Crippen molar-refractivity contribution < 1.29 is 4.74 Å². The second kappa shape index (κ2) is 5.74. The molecular formula is C15H16ClN5OS. The van der Waals surface area contributed by atoms with Crippen molar-refractivity contribution in [1.82, 2.24) is 19.7 Å². The molecule has 1 saturated heterocycles. The zero-order valence-corrected chi connectivity index (χ0v) is 14.4. The van der Waals surface area contributed by atoms with E-state index in [4.69, 9.17) is 16.3 Å². The Hall–Kier alpha value is -1.70. The monoisotopic (exact) mass is 349 g/mol. The Morgan fingerprint density at radius 3 is 3.00 bits per heavy atom. The molecule has 23 heavy (non-hydrogen) atoms. The summed E-state index contributed by atoms with van der Waals surface area (Å²) in [7, 11) is 1.90. The number of nitrogens with zero attached hydrogens (tertiary/aromatic N) is 5. The molecule has 0 bridgehead atoms. The minimum atomic E-state index is 0.266. The normalized spacial score (nSPS) is 18.7. The Morgan fingerprint density at radius 2 is 2.26 bits per heavy atom. The maximum atomic E-state index is 6.22. The molecule has 3 aromatic heterocycles. The fraction of sp³-hybridized carbons (Fsp3) is 0.400. The van der Waals surface area contributed by atoms with E-state index in [-0.39, 0.29) is 11.3 Å². The number of hydrogen-bond acceptors (Lipinski definition) is 6. The van der Waals surface area contributed by atoms with E-state index in [0.717, 1.165) is 33.7 Å². The predicted octanol–water partition coefficient (Wildman–Crippen LogP) is 2.97. The third-order valence-corrected chi connectivity index (χ3v) is 5.16. The molecule has 0 saturated carbocycles. The fourth-order valence-electron chi connectivity index (χ4n) is 2.88. The van der Waals surface area contributed by atoms with Gasteiger partial charge >= 0.3 is 0 Å². The second-order valence-corrected chi connectivity index (χ2v) is 6.88. The highest BCUT2D eigenvalue weighted by atomic mass is 35.5. The highest BCUT2D eigenvalue weighted by Gasteiger charge is 2.25. The SMILES string of the molecule is C[C@@H]1COCCN1c1nc(Cl)nc2c(-c3cnn(C)c3)csc12. The van der Waals surface area contributed by atoms with Gasteiger partial charge in [0.25, 0.3) is 0 Å². The number of anilines is 1. The van der Waals surface area contributed by atoms with Gasteiger partial charge in [-0.15, -0.1) is 11.3 Å². The highest BCUT2D eigenvalue weighted by Crippen LogP contribution is 2.38. The van der Waals surface area contributed by atoms with Gasteiger partial charge in [0.15, 0.2) is 5.82 Å².